The number of hydrogen-bond acceptors (Lipinski definition) is 1. The predicted molar refractivity (Wildman–Crippen MR) is 58.2 cm³/mol. The second-order valence-corrected chi connectivity index (χ2v) is 3.91. The first kappa shape index (κ1) is 8.35. The van der Waals surface area contributed by atoms with E-state index >= 15 is 0 Å². The van der Waals surface area contributed by atoms with E-state index in [2.05, 4.69) is 40.8 Å². The maximum atomic E-state index is 5.55. The lowest BCUT2D eigenvalue weighted by molar-refractivity contribution is 0.274. The van der Waals surface area contributed by atoms with E-state index in [1.165, 1.54) is 16.4 Å². The summed E-state index contributed by atoms with van der Waals surface area (Å²) < 4.78 is 6.74. The molecule has 2 rings (SSSR count). The van der Waals surface area contributed by atoms with Gasteiger partial charge >= 0.3 is 0 Å². The summed E-state index contributed by atoms with van der Waals surface area (Å²) in [6.45, 7) is 0.880. The predicted octanol–water partition coefficient (Wildman–Crippen LogP) is 2.99. The zero-order chi connectivity index (χ0) is 8.39. The van der Waals surface area contributed by atoms with Crippen LogP contribution in [-0.2, 0) is 0 Å². The van der Waals surface area contributed by atoms with Crippen molar-refractivity contribution in [3.63, 3.8) is 0 Å². The fourth-order valence-electron chi connectivity index (χ4n) is 1.58. The Hall–Kier alpha value is -0.250. The Balaban J connectivity index is 2.37. The van der Waals surface area contributed by atoms with Crippen LogP contribution in [0.5, 0.6) is 5.75 Å². The third-order valence-electron chi connectivity index (χ3n) is 2.27. The summed E-state index contributed by atoms with van der Waals surface area (Å²) in [5.41, 5.74) is 1.39. The third kappa shape index (κ3) is 1.44. The molecule has 1 nitrogen and oxygen atoms in total. The lowest BCUT2D eigenvalue weighted by Crippen LogP contribution is -2.14. The SMILES string of the molecule is ICC1CCOc2ccccc21. The van der Waals surface area contributed by atoms with Crippen molar-refractivity contribution in [3.05, 3.63) is 29.8 Å². The number of halogens is 1. The second-order valence-electron chi connectivity index (χ2n) is 3.03. The van der Waals surface area contributed by atoms with Gasteiger partial charge in [0.2, 0.25) is 0 Å². The molecule has 1 atom stereocenters. The van der Waals surface area contributed by atoms with Gasteiger partial charge in [0.05, 0.1) is 6.61 Å². The molecular weight excluding hydrogens is 263 g/mol. The summed E-state index contributed by atoms with van der Waals surface area (Å²) in [4.78, 5) is 0. The van der Waals surface area contributed by atoms with Crippen molar-refractivity contribution < 1.29 is 4.74 Å². The van der Waals surface area contributed by atoms with Crippen molar-refractivity contribution >= 4 is 22.6 Å². The minimum absolute atomic E-state index is 0.704. The lowest BCUT2D eigenvalue weighted by Gasteiger charge is -2.23. The van der Waals surface area contributed by atoms with Crippen LogP contribution >= 0.6 is 22.6 Å². The highest BCUT2D eigenvalue weighted by Crippen LogP contribution is 2.34. The van der Waals surface area contributed by atoms with Crippen LogP contribution in [0.2, 0.25) is 0 Å². The third-order valence-corrected chi connectivity index (χ3v) is 3.33. The average Bonchev–Trinajstić information content (AvgIpc) is 2.17. The normalized spacial score (nSPS) is 21.2. The number of ether oxygens (including phenoxy) is 1. The Labute approximate surface area is 86.3 Å². The molecule has 12 heavy (non-hydrogen) atoms. The molecule has 0 aromatic heterocycles. The molecule has 1 aliphatic heterocycles. The fourth-order valence-corrected chi connectivity index (χ4v) is 2.49. The van der Waals surface area contributed by atoms with Crippen LogP contribution in [0.25, 0.3) is 0 Å². The molecule has 0 bridgehead atoms. The highest BCUT2D eigenvalue weighted by atomic mass is 127. The molecule has 0 saturated heterocycles. The number of alkyl halides is 1. The smallest absolute Gasteiger partial charge is 0.122 e. The molecular formula is C10H11IO. The van der Waals surface area contributed by atoms with Crippen LogP contribution in [0.3, 0.4) is 0 Å². The quantitative estimate of drug-likeness (QED) is 0.565. The first-order valence-electron chi connectivity index (χ1n) is 4.19. The summed E-state index contributed by atoms with van der Waals surface area (Å²) in [7, 11) is 0. The van der Waals surface area contributed by atoms with Crippen LogP contribution < -0.4 is 4.74 Å². The zero-order valence-electron chi connectivity index (χ0n) is 6.79. The first-order valence-corrected chi connectivity index (χ1v) is 5.72. The maximum absolute atomic E-state index is 5.55. The van der Waals surface area contributed by atoms with Crippen LogP contribution in [0.4, 0.5) is 0 Å². The molecule has 1 unspecified atom stereocenters. The molecule has 0 N–H and O–H groups in total. The van der Waals surface area contributed by atoms with Gasteiger partial charge in [0.15, 0.2) is 0 Å². The Morgan fingerprint density at radius 2 is 2.25 bits per heavy atom. The van der Waals surface area contributed by atoms with Gasteiger partial charge in [0.1, 0.15) is 5.75 Å². The van der Waals surface area contributed by atoms with Gasteiger partial charge in [0.25, 0.3) is 0 Å². The molecule has 1 heterocycles. The lowest BCUT2D eigenvalue weighted by atomic mass is 9.95. The minimum atomic E-state index is 0.704. The fraction of sp³-hybridized carbons (Fsp3) is 0.400. The van der Waals surface area contributed by atoms with E-state index < -0.39 is 0 Å². The topological polar surface area (TPSA) is 9.23 Å². The summed E-state index contributed by atoms with van der Waals surface area (Å²) in [6, 6.07) is 8.37. The van der Waals surface area contributed by atoms with Gasteiger partial charge in [-0.25, -0.2) is 0 Å². The van der Waals surface area contributed by atoms with E-state index in [0.29, 0.717) is 5.92 Å². The van der Waals surface area contributed by atoms with E-state index in [0.717, 1.165) is 12.4 Å². The molecule has 0 amide bonds. The molecule has 0 fully saturated rings. The standard InChI is InChI=1S/C10H11IO/c11-7-8-5-6-12-10-4-2-1-3-9(8)10/h1-4,8H,5-7H2. The second kappa shape index (κ2) is 3.64. The molecule has 1 aromatic carbocycles. The number of rotatable bonds is 1. The summed E-state index contributed by atoms with van der Waals surface area (Å²) in [6.07, 6.45) is 1.17. The van der Waals surface area contributed by atoms with Crippen molar-refractivity contribution in [2.75, 3.05) is 11.0 Å². The monoisotopic (exact) mass is 274 g/mol. The van der Waals surface area contributed by atoms with Crippen molar-refractivity contribution in [2.24, 2.45) is 0 Å². The number of benzene rings is 1. The minimum Gasteiger partial charge on any atom is -0.493 e. The summed E-state index contributed by atoms with van der Waals surface area (Å²) in [5.74, 6) is 1.79. The van der Waals surface area contributed by atoms with E-state index in [4.69, 9.17) is 4.74 Å². The van der Waals surface area contributed by atoms with Gasteiger partial charge in [0, 0.05) is 4.43 Å². The van der Waals surface area contributed by atoms with Gasteiger partial charge < -0.3 is 4.74 Å². The van der Waals surface area contributed by atoms with Gasteiger partial charge in [-0.3, -0.25) is 0 Å². The number of hydrogen-bond donors (Lipinski definition) is 0. The van der Waals surface area contributed by atoms with E-state index in [9.17, 15) is 0 Å². The molecule has 0 spiro atoms. The van der Waals surface area contributed by atoms with Crippen LogP contribution in [-0.4, -0.2) is 11.0 Å². The van der Waals surface area contributed by atoms with Gasteiger partial charge in [-0.1, -0.05) is 40.8 Å². The largest absolute Gasteiger partial charge is 0.493 e. The molecule has 0 radical (unpaired) electrons. The van der Waals surface area contributed by atoms with Gasteiger partial charge in [-0.05, 0) is 24.0 Å². The molecule has 1 aromatic rings. The van der Waals surface area contributed by atoms with Crippen molar-refractivity contribution in [3.8, 4) is 5.75 Å². The van der Waals surface area contributed by atoms with Gasteiger partial charge in [-0.2, -0.15) is 0 Å². The maximum Gasteiger partial charge on any atom is 0.122 e. The Morgan fingerprint density at radius 3 is 3.08 bits per heavy atom. The summed E-state index contributed by atoms with van der Waals surface area (Å²) >= 11 is 2.45. The number of fused-ring (bicyclic) bond motifs is 1. The molecule has 0 saturated carbocycles. The van der Waals surface area contributed by atoms with E-state index in [1.807, 2.05) is 6.07 Å². The molecule has 0 aliphatic carbocycles. The highest BCUT2D eigenvalue weighted by molar-refractivity contribution is 14.1. The zero-order valence-corrected chi connectivity index (χ0v) is 8.95. The molecule has 1 aliphatic rings. The first-order chi connectivity index (χ1) is 5.92. The molecule has 2 heteroatoms. The molecule has 64 valence electrons. The van der Waals surface area contributed by atoms with E-state index in [-0.39, 0.29) is 0 Å². The highest BCUT2D eigenvalue weighted by Gasteiger charge is 2.19. The average molecular weight is 274 g/mol. The Morgan fingerprint density at radius 1 is 1.42 bits per heavy atom. The Kier molecular flexibility index (Phi) is 2.54. The van der Waals surface area contributed by atoms with Crippen molar-refractivity contribution in [1.29, 1.82) is 0 Å². The Bertz CT molecular complexity index is 272. The van der Waals surface area contributed by atoms with Crippen LogP contribution in [0.15, 0.2) is 24.3 Å². The number of para-hydroxylation sites is 1. The summed E-state index contributed by atoms with van der Waals surface area (Å²) in [5, 5.41) is 0. The van der Waals surface area contributed by atoms with Gasteiger partial charge in [-0.15, -0.1) is 0 Å². The van der Waals surface area contributed by atoms with Crippen molar-refractivity contribution in [2.45, 2.75) is 12.3 Å². The van der Waals surface area contributed by atoms with Crippen LogP contribution in [0.1, 0.15) is 17.9 Å². The van der Waals surface area contributed by atoms with E-state index in [1.54, 1.807) is 0 Å². The van der Waals surface area contributed by atoms with Crippen molar-refractivity contribution in [1.82, 2.24) is 0 Å². The van der Waals surface area contributed by atoms with Crippen LogP contribution in [0, 0.1) is 0 Å².